The lowest BCUT2D eigenvalue weighted by molar-refractivity contribution is -0.139. The fourth-order valence-electron chi connectivity index (χ4n) is 3.49. The summed E-state index contributed by atoms with van der Waals surface area (Å²) in [6.07, 6.45) is 0.482. The predicted octanol–water partition coefficient (Wildman–Crippen LogP) is 4.80. The van der Waals surface area contributed by atoms with Crippen molar-refractivity contribution >= 4 is 34.5 Å². The van der Waals surface area contributed by atoms with E-state index in [-0.39, 0.29) is 22.7 Å². The second-order valence-corrected chi connectivity index (χ2v) is 10.6. The molecular formula is C27H31FN4O7. The maximum absolute atomic E-state index is 14.0. The molecule has 0 radical (unpaired) electrons. The zero-order chi connectivity index (χ0) is 29.1. The molecule has 208 valence electrons. The van der Waals surface area contributed by atoms with Crippen LogP contribution in [0.2, 0.25) is 0 Å². The third-order valence-electron chi connectivity index (χ3n) is 5.08. The van der Waals surface area contributed by atoms with Crippen LogP contribution in [0, 0.1) is 5.82 Å². The van der Waals surface area contributed by atoms with Gasteiger partial charge in [0.25, 0.3) is 0 Å². The summed E-state index contributed by atoms with van der Waals surface area (Å²) >= 11 is 0. The third-order valence-corrected chi connectivity index (χ3v) is 5.08. The monoisotopic (exact) mass is 542 g/mol. The van der Waals surface area contributed by atoms with E-state index in [1.165, 1.54) is 43.6 Å². The van der Waals surface area contributed by atoms with Gasteiger partial charge in [-0.25, -0.2) is 24.4 Å². The number of esters is 1. The van der Waals surface area contributed by atoms with Gasteiger partial charge in [0, 0.05) is 10.8 Å². The van der Waals surface area contributed by atoms with E-state index in [0.717, 1.165) is 11.1 Å². The molecule has 0 aliphatic carbocycles. The first-order chi connectivity index (χ1) is 18.1. The summed E-state index contributed by atoms with van der Waals surface area (Å²) in [5, 5.41) is 19.5. The molecule has 39 heavy (non-hydrogen) atoms. The first-order valence-electron chi connectivity index (χ1n) is 11.9. The highest BCUT2D eigenvalue weighted by Gasteiger charge is 2.31. The normalized spacial score (nSPS) is 12.5. The van der Waals surface area contributed by atoms with Crippen molar-refractivity contribution in [1.29, 1.82) is 0 Å². The van der Waals surface area contributed by atoms with Crippen molar-refractivity contribution in [2.24, 2.45) is 0 Å². The molecule has 0 bridgehead atoms. The molecule has 0 saturated carbocycles. The maximum Gasteiger partial charge on any atom is 0.429 e. The Bertz CT molecular complexity index is 1400. The second-order valence-electron chi connectivity index (χ2n) is 10.6. The number of nitrogens with zero attached hydrogens (tertiary/aromatic N) is 3. The van der Waals surface area contributed by atoms with Crippen molar-refractivity contribution < 1.29 is 38.1 Å². The van der Waals surface area contributed by atoms with Gasteiger partial charge >= 0.3 is 18.0 Å². The number of carbonyl (C=O) groups excluding carboxylic acids is 2. The molecule has 1 aromatic heterocycles. The van der Waals surface area contributed by atoms with Crippen LogP contribution >= 0.6 is 0 Å². The summed E-state index contributed by atoms with van der Waals surface area (Å²) in [5.41, 5.74) is 1.27. The van der Waals surface area contributed by atoms with Gasteiger partial charge in [-0.15, -0.1) is 5.10 Å². The van der Waals surface area contributed by atoms with E-state index in [4.69, 9.17) is 14.2 Å². The van der Waals surface area contributed by atoms with E-state index in [2.05, 4.69) is 15.6 Å². The van der Waals surface area contributed by atoms with Crippen LogP contribution in [0.5, 0.6) is 5.75 Å². The smallest absolute Gasteiger partial charge is 0.429 e. The van der Waals surface area contributed by atoms with Crippen LogP contribution in [0.25, 0.3) is 10.8 Å². The van der Waals surface area contributed by atoms with Crippen molar-refractivity contribution in [3.05, 3.63) is 59.7 Å². The predicted molar refractivity (Wildman–Crippen MR) is 140 cm³/mol. The number of carboxylic acids is 1. The number of benzene rings is 2. The Kier molecular flexibility index (Phi) is 8.39. The summed E-state index contributed by atoms with van der Waals surface area (Å²) < 4.78 is 29.9. The zero-order valence-corrected chi connectivity index (χ0v) is 22.7. The highest BCUT2D eigenvalue weighted by Crippen LogP contribution is 2.28. The number of ether oxygens (including phenoxy) is 3. The number of carbonyl (C=O) groups is 3. The number of aromatic nitrogens is 2. The number of aliphatic carboxylic acids is 1. The zero-order valence-electron chi connectivity index (χ0n) is 22.7. The highest BCUT2D eigenvalue weighted by molar-refractivity contribution is 6.03. The topological polar surface area (TPSA) is 140 Å². The Morgan fingerprint density at radius 3 is 2.26 bits per heavy atom. The molecule has 1 amide bonds. The Labute approximate surface area is 224 Å². The third kappa shape index (κ3) is 7.38. The summed E-state index contributed by atoms with van der Waals surface area (Å²) in [5.74, 6) is -2.86. The molecule has 0 aliphatic rings. The van der Waals surface area contributed by atoms with E-state index in [9.17, 15) is 23.9 Å². The lowest BCUT2D eigenvalue weighted by Gasteiger charge is -2.30. The quantitative estimate of drug-likeness (QED) is 0.316. The molecule has 0 aliphatic heterocycles. The molecule has 1 unspecified atom stereocenters. The number of hydrogen-bond acceptors (Lipinski definition) is 9. The standard InChI is InChI=1S/C27H31FN4O7/c1-26(2,3)38-24(35)22-18-10-9-17(12-16(18)14-29-30-22)32(25(36)39-27(4,5)6)31-21(23(33)34)15-8-11-19(28)20(13-15)37-7/h8-14,21,31H,1-7H3,(H,33,34). The van der Waals surface area contributed by atoms with E-state index >= 15 is 0 Å². The van der Waals surface area contributed by atoms with Crippen LogP contribution in [-0.2, 0) is 14.3 Å². The molecule has 0 saturated heterocycles. The summed E-state index contributed by atoms with van der Waals surface area (Å²) in [4.78, 5) is 38.2. The van der Waals surface area contributed by atoms with Gasteiger partial charge in [-0.2, -0.15) is 5.10 Å². The fourth-order valence-corrected chi connectivity index (χ4v) is 3.49. The van der Waals surface area contributed by atoms with Gasteiger partial charge in [0.05, 0.1) is 19.0 Å². The number of carboxylic acid groups (broad SMARTS) is 1. The van der Waals surface area contributed by atoms with Crippen LogP contribution in [0.4, 0.5) is 14.9 Å². The minimum absolute atomic E-state index is 0.0208. The van der Waals surface area contributed by atoms with Crippen LogP contribution in [-0.4, -0.2) is 51.6 Å². The highest BCUT2D eigenvalue weighted by atomic mass is 19.1. The molecule has 1 heterocycles. The Morgan fingerprint density at radius 1 is 1.00 bits per heavy atom. The van der Waals surface area contributed by atoms with E-state index < -0.39 is 41.1 Å². The number of rotatable bonds is 7. The number of hydrazine groups is 1. The van der Waals surface area contributed by atoms with E-state index in [0.29, 0.717) is 10.8 Å². The van der Waals surface area contributed by atoms with Crippen molar-refractivity contribution in [2.45, 2.75) is 58.8 Å². The molecule has 12 heteroatoms. The summed E-state index contributed by atoms with van der Waals surface area (Å²) in [7, 11) is 1.25. The summed E-state index contributed by atoms with van der Waals surface area (Å²) in [6, 6.07) is 6.58. The second kappa shape index (κ2) is 11.2. The lowest BCUT2D eigenvalue weighted by atomic mass is 10.1. The number of nitrogens with one attached hydrogen (secondary N) is 1. The Morgan fingerprint density at radius 2 is 1.67 bits per heavy atom. The number of anilines is 1. The molecule has 3 rings (SSSR count). The van der Waals surface area contributed by atoms with E-state index in [1.54, 1.807) is 41.5 Å². The van der Waals surface area contributed by atoms with Gasteiger partial charge in [0.2, 0.25) is 0 Å². The van der Waals surface area contributed by atoms with Gasteiger partial charge in [0.1, 0.15) is 17.2 Å². The Balaban J connectivity index is 2.08. The van der Waals surface area contributed by atoms with E-state index in [1.807, 2.05) is 0 Å². The first-order valence-corrected chi connectivity index (χ1v) is 11.9. The minimum Gasteiger partial charge on any atom is -0.494 e. The van der Waals surface area contributed by atoms with Crippen molar-refractivity contribution in [3.8, 4) is 5.75 Å². The van der Waals surface area contributed by atoms with Gasteiger partial charge in [0.15, 0.2) is 17.3 Å². The number of halogens is 1. The van der Waals surface area contributed by atoms with Gasteiger partial charge in [-0.05, 0) is 77.4 Å². The number of fused-ring (bicyclic) bond motifs is 1. The van der Waals surface area contributed by atoms with Crippen molar-refractivity contribution in [3.63, 3.8) is 0 Å². The average molecular weight is 543 g/mol. The summed E-state index contributed by atoms with van der Waals surface area (Å²) in [6.45, 7) is 10.1. The lowest BCUT2D eigenvalue weighted by Crippen LogP contribution is -2.49. The number of methoxy groups -OCH3 is 1. The SMILES string of the molecule is COc1cc(C(NN(C(=O)OC(C)(C)C)c2ccc3c(C(=O)OC(C)(C)C)nncc3c2)C(=O)O)ccc1F. The molecule has 3 aromatic rings. The van der Waals surface area contributed by atoms with Crippen molar-refractivity contribution in [1.82, 2.24) is 15.6 Å². The maximum atomic E-state index is 14.0. The largest absolute Gasteiger partial charge is 0.494 e. The van der Waals surface area contributed by atoms with Crippen molar-refractivity contribution in [2.75, 3.05) is 12.1 Å². The molecule has 0 fully saturated rings. The molecule has 0 spiro atoms. The first kappa shape index (κ1) is 29.2. The van der Waals surface area contributed by atoms with Crippen LogP contribution in [0.1, 0.15) is 63.6 Å². The molecule has 2 N–H and O–H groups in total. The molecular weight excluding hydrogens is 511 g/mol. The number of hydrogen-bond donors (Lipinski definition) is 2. The molecule has 11 nitrogen and oxygen atoms in total. The van der Waals surface area contributed by atoms with Gasteiger partial charge < -0.3 is 19.3 Å². The Hall–Kier alpha value is -4.32. The van der Waals surface area contributed by atoms with Crippen LogP contribution < -0.4 is 15.2 Å². The van der Waals surface area contributed by atoms with Crippen LogP contribution in [0.15, 0.2) is 42.6 Å². The minimum atomic E-state index is -1.50. The molecule has 1 atom stereocenters. The van der Waals surface area contributed by atoms with Gasteiger partial charge in [-0.3, -0.25) is 4.79 Å². The molecule has 2 aromatic carbocycles. The fraction of sp³-hybridized carbons (Fsp3) is 0.370. The van der Waals surface area contributed by atoms with Gasteiger partial charge in [-0.1, -0.05) is 6.07 Å². The van der Waals surface area contributed by atoms with Crippen LogP contribution in [0.3, 0.4) is 0 Å². The number of amides is 1. The average Bonchev–Trinajstić information content (AvgIpc) is 2.82.